The number of halogens is 2. The Morgan fingerprint density at radius 1 is 1.00 bits per heavy atom. The van der Waals surface area contributed by atoms with Crippen molar-refractivity contribution in [1.29, 1.82) is 0 Å². The molecule has 1 atom stereocenters. The second kappa shape index (κ2) is 13.6. The predicted octanol–water partition coefficient (Wildman–Crippen LogP) is 5.51. The minimum absolute atomic E-state index is 0.0317. The monoisotopic (exact) mass is 625 g/mol. The number of morpholine rings is 1. The van der Waals surface area contributed by atoms with Gasteiger partial charge in [-0.05, 0) is 79.4 Å². The fourth-order valence-electron chi connectivity index (χ4n) is 5.81. The van der Waals surface area contributed by atoms with Crippen molar-refractivity contribution in [3.05, 3.63) is 86.9 Å². The molecule has 228 valence electrons. The number of ether oxygens (including phenoxy) is 3. The van der Waals surface area contributed by atoms with E-state index in [1.54, 1.807) is 37.3 Å². The number of hydrogen-bond donors (Lipinski definition) is 1. The Kier molecular flexibility index (Phi) is 9.82. The molecule has 0 radical (unpaired) electrons. The standard InChI is InChI=1S/C33H37Cl2N3O5/c1-33(11-10-22-18-23(5-8-28(22)35)31(39)36-12-13-37-14-16-43-17-15-37)27-19-25(34)6-9-29(27)38(32(33)40)21-24-4-7-26(41-2)20-30(24)42-3/h4-9,18-20H,10-17,21H2,1-3H3,(H,36,39). The summed E-state index contributed by atoms with van der Waals surface area (Å²) >= 11 is 13.0. The molecule has 43 heavy (non-hydrogen) atoms. The Bertz CT molecular complexity index is 1490. The van der Waals surface area contributed by atoms with Crippen molar-refractivity contribution in [3.8, 4) is 11.5 Å². The summed E-state index contributed by atoms with van der Waals surface area (Å²) < 4.78 is 16.3. The Morgan fingerprint density at radius 2 is 1.79 bits per heavy atom. The first-order valence-corrected chi connectivity index (χ1v) is 15.2. The summed E-state index contributed by atoms with van der Waals surface area (Å²) in [7, 11) is 3.20. The predicted molar refractivity (Wildman–Crippen MR) is 169 cm³/mol. The van der Waals surface area contributed by atoms with Crippen LogP contribution in [-0.2, 0) is 27.9 Å². The van der Waals surface area contributed by atoms with Gasteiger partial charge in [0.1, 0.15) is 11.5 Å². The van der Waals surface area contributed by atoms with E-state index in [2.05, 4.69) is 10.2 Å². The Labute approximate surface area is 262 Å². The first kappa shape index (κ1) is 31.1. The lowest BCUT2D eigenvalue weighted by atomic mass is 9.78. The molecule has 2 heterocycles. The molecule has 2 aliphatic heterocycles. The van der Waals surface area contributed by atoms with E-state index in [0.717, 1.165) is 55.2 Å². The maximum Gasteiger partial charge on any atom is 0.251 e. The molecule has 2 amide bonds. The third-order valence-electron chi connectivity index (χ3n) is 8.40. The van der Waals surface area contributed by atoms with E-state index in [1.807, 2.05) is 43.3 Å². The van der Waals surface area contributed by atoms with Gasteiger partial charge in [-0.15, -0.1) is 0 Å². The summed E-state index contributed by atoms with van der Waals surface area (Å²) in [5, 5.41) is 4.14. The van der Waals surface area contributed by atoms with Gasteiger partial charge < -0.3 is 24.4 Å². The van der Waals surface area contributed by atoms with Crippen molar-refractivity contribution >= 4 is 40.7 Å². The number of amides is 2. The van der Waals surface area contributed by atoms with Crippen molar-refractivity contribution < 1.29 is 23.8 Å². The molecule has 3 aromatic rings. The number of fused-ring (bicyclic) bond motifs is 1. The number of anilines is 1. The SMILES string of the molecule is COc1ccc(CN2C(=O)C(C)(CCc3cc(C(=O)NCCN4CCOCC4)ccc3Cl)c3cc(Cl)ccc32)c(OC)c1. The third kappa shape index (κ3) is 6.78. The highest BCUT2D eigenvalue weighted by Gasteiger charge is 2.47. The number of rotatable bonds is 11. The smallest absolute Gasteiger partial charge is 0.251 e. The van der Waals surface area contributed by atoms with E-state index in [4.69, 9.17) is 37.4 Å². The van der Waals surface area contributed by atoms with Gasteiger partial charge in [-0.25, -0.2) is 0 Å². The van der Waals surface area contributed by atoms with Crippen LogP contribution >= 0.6 is 23.2 Å². The van der Waals surface area contributed by atoms with Crippen molar-refractivity contribution in [1.82, 2.24) is 10.2 Å². The van der Waals surface area contributed by atoms with Crippen LogP contribution in [0.15, 0.2) is 54.6 Å². The van der Waals surface area contributed by atoms with Gasteiger partial charge in [0.25, 0.3) is 5.91 Å². The van der Waals surface area contributed by atoms with Crippen molar-refractivity contribution in [3.63, 3.8) is 0 Å². The second-order valence-electron chi connectivity index (χ2n) is 11.1. The lowest BCUT2D eigenvalue weighted by Crippen LogP contribution is -2.41. The molecule has 5 rings (SSSR count). The first-order chi connectivity index (χ1) is 20.7. The molecule has 0 aliphatic carbocycles. The van der Waals surface area contributed by atoms with E-state index in [0.29, 0.717) is 53.0 Å². The van der Waals surface area contributed by atoms with Gasteiger partial charge in [-0.1, -0.05) is 23.2 Å². The Hall–Kier alpha value is -3.30. The normalized spacial score (nSPS) is 18.4. The van der Waals surface area contributed by atoms with Crippen LogP contribution in [0, 0.1) is 0 Å². The van der Waals surface area contributed by atoms with Gasteiger partial charge in [-0.2, -0.15) is 0 Å². The second-order valence-corrected chi connectivity index (χ2v) is 11.9. The van der Waals surface area contributed by atoms with Gasteiger partial charge >= 0.3 is 0 Å². The summed E-state index contributed by atoms with van der Waals surface area (Å²) in [6.45, 7) is 6.80. The molecule has 0 spiro atoms. The largest absolute Gasteiger partial charge is 0.497 e. The molecule has 10 heteroatoms. The number of carbonyl (C=O) groups excluding carboxylic acids is 2. The van der Waals surface area contributed by atoms with Gasteiger partial charge in [0.05, 0.1) is 39.4 Å². The van der Waals surface area contributed by atoms with E-state index in [1.165, 1.54) is 0 Å². The summed E-state index contributed by atoms with van der Waals surface area (Å²) in [6, 6.07) is 16.5. The summed E-state index contributed by atoms with van der Waals surface area (Å²) in [4.78, 5) is 31.2. The number of nitrogens with zero attached hydrogens (tertiary/aromatic N) is 2. The quantitative estimate of drug-likeness (QED) is 0.303. The number of benzene rings is 3. The molecule has 0 saturated carbocycles. The van der Waals surface area contributed by atoms with E-state index < -0.39 is 5.41 Å². The third-order valence-corrected chi connectivity index (χ3v) is 9.01. The van der Waals surface area contributed by atoms with Crippen LogP contribution in [0.25, 0.3) is 0 Å². The van der Waals surface area contributed by atoms with Crippen molar-refractivity contribution in [2.45, 2.75) is 31.7 Å². The number of carbonyl (C=O) groups is 2. The van der Waals surface area contributed by atoms with E-state index in [9.17, 15) is 9.59 Å². The zero-order chi connectivity index (χ0) is 30.6. The molecule has 1 N–H and O–H groups in total. The van der Waals surface area contributed by atoms with E-state index in [-0.39, 0.29) is 11.8 Å². The molecule has 1 unspecified atom stereocenters. The van der Waals surface area contributed by atoms with Crippen molar-refractivity contribution in [2.75, 3.05) is 58.5 Å². The maximum atomic E-state index is 14.2. The van der Waals surface area contributed by atoms with Gasteiger partial charge in [-0.3, -0.25) is 14.5 Å². The maximum absolute atomic E-state index is 14.2. The number of nitrogens with one attached hydrogen (secondary N) is 1. The number of aryl methyl sites for hydroxylation is 1. The van der Waals surface area contributed by atoms with Gasteiger partial charge in [0.15, 0.2) is 0 Å². The molecule has 0 bridgehead atoms. The number of methoxy groups -OCH3 is 2. The minimum atomic E-state index is -0.848. The van der Waals surface area contributed by atoms with Crippen LogP contribution in [-0.4, -0.2) is 70.3 Å². The fourth-order valence-corrected chi connectivity index (χ4v) is 6.19. The van der Waals surface area contributed by atoms with Crippen LogP contribution in [0.2, 0.25) is 10.0 Å². The Morgan fingerprint density at radius 3 is 2.53 bits per heavy atom. The highest BCUT2D eigenvalue weighted by molar-refractivity contribution is 6.31. The molecule has 8 nitrogen and oxygen atoms in total. The Balaban J connectivity index is 1.32. The first-order valence-electron chi connectivity index (χ1n) is 14.4. The topological polar surface area (TPSA) is 80.3 Å². The highest BCUT2D eigenvalue weighted by Crippen LogP contribution is 2.47. The summed E-state index contributed by atoms with van der Waals surface area (Å²) in [5.41, 5.74) is 3.05. The molecule has 3 aromatic carbocycles. The van der Waals surface area contributed by atoms with Crippen LogP contribution in [0.1, 0.15) is 40.4 Å². The molecule has 1 saturated heterocycles. The molecular weight excluding hydrogens is 589 g/mol. The lowest BCUT2D eigenvalue weighted by molar-refractivity contribution is -0.123. The molecule has 1 fully saturated rings. The van der Waals surface area contributed by atoms with Crippen LogP contribution in [0.4, 0.5) is 5.69 Å². The summed E-state index contributed by atoms with van der Waals surface area (Å²) in [5.74, 6) is 1.14. The lowest BCUT2D eigenvalue weighted by Gasteiger charge is -2.26. The zero-order valence-corrected chi connectivity index (χ0v) is 26.3. The highest BCUT2D eigenvalue weighted by atomic mass is 35.5. The van der Waals surface area contributed by atoms with E-state index >= 15 is 0 Å². The summed E-state index contributed by atoms with van der Waals surface area (Å²) in [6.07, 6.45) is 0.985. The van der Waals surface area contributed by atoms with Crippen LogP contribution < -0.4 is 19.7 Å². The fraction of sp³-hybridized carbons (Fsp3) is 0.394. The van der Waals surface area contributed by atoms with Gasteiger partial charge in [0, 0.05) is 59.1 Å². The molecule has 2 aliphatic rings. The molecular formula is C33H37Cl2N3O5. The number of hydrogen-bond acceptors (Lipinski definition) is 6. The van der Waals surface area contributed by atoms with Crippen LogP contribution in [0.5, 0.6) is 11.5 Å². The van der Waals surface area contributed by atoms with Gasteiger partial charge in [0.2, 0.25) is 5.91 Å². The van der Waals surface area contributed by atoms with Crippen molar-refractivity contribution in [2.24, 2.45) is 0 Å². The van der Waals surface area contributed by atoms with Crippen LogP contribution in [0.3, 0.4) is 0 Å². The minimum Gasteiger partial charge on any atom is -0.497 e. The zero-order valence-electron chi connectivity index (χ0n) is 24.8. The average Bonchev–Trinajstić information content (AvgIpc) is 3.22. The molecule has 0 aromatic heterocycles. The average molecular weight is 627 g/mol.